The number of carbonyl (C=O) groups excluding carboxylic acids is 2. The zero-order valence-electron chi connectivity index (χ0n) is 9.35. The van der Waals surface area contributed by atoms with Crippen molar-refractivity contribution in [1.29, 1.82) is 0 Å². The van der Waals surface area contributed by atoms with E-state index in [4.69, 9.17) is 0 Å². The summed E-state index contributed by atoms with van der Waals surface area (Å²) in [5.74, 6) is 0.206. The minimum absolute atomic E-state index is 0.0440. The average molecular weight is 253 g/mol. The third-order valence-electron chi connectivity index (χ3n) is 1.99. The molecule has 1 aliphatic heterocycles. The Labute approximate surface area is 101 Å². The van der Waals surface area contributed by atoms with Gasteiger partial charge in [0.25, 0.3) is 0 Å². The molecule has 1 fully saturated rings. The molecule has 8 heteroatoms. The molecule has 7 nitrogen and oxygen atoms in total. The number of amides is 3. The van der Waals surface area contributed by atoms with E-state index in [9.17, 15) is 9.59 Å². The lowest BCUT2D eigenvalue weighted by atomic mass is 10.2. The maximum absolute atomic E-state index is 11.1. The number of amidine groups is 1. The zero-order chi connectivity index (χ0) is 12.4. The Morgan fingerprint density at radius 2 is 2.06 bits per heavy atom. The number of nitrogens with one attached hydrogen (secondary N) is 2. The van der Waals surface area contributed by atoms with Crippen molar-refractivity contribution in [1.82, 2.24) is 20.8 Å². The van der Waals surface area contributed by atoms with Gasteiger partial charge in [-0.3, -0.25) is 15.4 Å². The van der Waals surface area contributed by atoms with E-state index in [0.717, 1.165) is 5.01 Å². The molecule has 0 atom stereocenters. The molecule has 2 N–H and O–H groups in total. The summed E-state index contributed by atoms with van der Waals surface area (Å²) >= 11 is 1.34. The highest BCUT2D eigenvalue weighted by Crippen LogP contribution is 2.24. The van der Waals surface area contributed by atoms with Crippen LogP contribution < -0.4 is 10.6 Å². The molecule has 0 spiro atoms. The van der Waals surface area contributed by atoms with Crippen molar-refractivity contribution in [3.05, 3.63) is 5.01 Å². The molecule has 1 aromatic rings. The van der Waals surface area contributed by atoms with Crippen LogP contribution in [-0.2, 0) is 4.79 Å². The van der Waals surface area contributed by atoms with Gasteiger partial charge >= 0.3 is 6.03 Å². The fraction of sp³-hybridized carbons (Fsp3) is 0.444. The van der Waals surface area contributed by atoms with Gasteiger partial charge in [0.2, 0.25) is 11.0 Å². The van der Waals surface area contributed by atoms with Gasteiger partial charge in [0.15, 0.2) is 0 Å². The largest absolute Gasteiger partial charge is 0.326 e. The lowest BCUT2D eigenvalue weighted by molar-refractivity contribution is -0.119. The Hall–Kier alpha value is -1.83. The molecular formula is C9H11N5O2S. The predicted molar refractivity (Wildman–Crippen MR) is 62.4 cm³/mol. The van der Waals surface area contributed by atoms with E-state index < -0.39 is 6.03 Å². The number of imide groups is 1. The molecule has 0 aromatic carbocycles. The van der Waals surface area contributed by atoms with E-state index in [-0.39, 0.29) is 18.2 Å². The predicted octanol–water partition coefficient (Wildman–Crippen LogP) is 0.921. The molecule has 0 bridgehead atoms. The molecule has 2 rings (SSSR count). The Bertz CT molecular complexity index is 475. The summed E-state index contributed by atoms with van der Waals surface area (Å²) in [5, 5.41) is 13.7. The van der Waals surface area contributed by atoms with Crippen molar-refractivity contribution in [2.75, 3.05) is 0 Å². The Morgan fingerprint density at radius 3 is 2.65 bits per heavy atom. The highest BCUT2D eigenvalue weighted by Gasteiger charge is 2.20. The van der Waals surface area contributed by atoms with Crippen molar-refractivity contribution in [3.8, 4) is 0 Å². The van der Waals surface area contributed by atoms with E-state index in [2.05, 4.69) is 25.8 Å². The zero-order valence-corrected chi connectivity index (χ0v) is 10.2. The SMILES string of the molecule is CC(C)c1nnc(/N=C2/CC(=O)NC(=O)N2)s1. The molecule has 0 aliphatic carbocycles. The van der Waals surface area contributed by atoms with E-state index in [1.807, 2.05) is 13.8 Å². The Balaban J connectivity index is 2.17. The molecule has 0 saturated carbocycles. The van der Waals surface area contributed by atoms with Gasteiger partial charge in [-0.05, 0) is 0 Å². The first-order chi connectivity index (χ1) is 8.04. The summed E-state index contributed by atoms with van der Waals surface area (Å²) in [4.78, 5) is 26.2. The minimum atomic E-state index is -0.561. The van der Waals surface area contributed by atoms with Gasteiger partial charge < -0.3 is 0 Å². The van der Waals surface area contributed by atoms with Gasteiger partial charge in [0.05, 0.1) is 6.42 Å². The van der Waals surface area contributed by atoms with Gasteiger partial charge in [-0.15, -0.1) is 10.2 Å². The van der Waals surface area contributed by atoms with Crippen molar-refractivity contribution in [2.45, 2.75) is 26.2 Å². The topological polar surface area (TPSA) is 96.3 Å². The van der Waals surface area contributed by atoms with Gasteiger partial charge in [0.1, 0.15) is 10.8 Å². The lowest BCUT2D eigenvalue weighted by Crippen LogP contribution is -2.49. The number of hydrogen-bond donors (Lipinski definition) is 2. The molecule has 2 heterocycles. The quantitative estimate of drug-likeness (QED) is 0.819. The van der Waals surface area contributed by atoms with E-state index >= 15 is 0 Å². The fourth-order valence-electron chi connectivity index (χ4n) is 1.22. The smallest absolute Gasteiger partial charge is 0.295 e. The summed E-state index contributed by atoms with van der Waals surface area (Å²) in [5.41, 5.74) is 0. The maximum Gasteiger partial charge on any atom is 0.326 e. The second-order valence-electron chi connectivity index (χ2n) is 3.82. The first-order valence-electron chi connectivity index (χ1n) is 5.06. The average Bonchev–Trinajstić information content (AvgIpc) is 2.64. The molecule has 1 aromatic heterocycles. The number of aromatic nitrogens is 2. The minimum Gasteiger partial charge on any atom is -0.295 e. The van der Waals surface area contributed by atoms with Crippen LogP contribution in [0.5, 0.6) is 0 Å². The second kappa shape index (κ2) is 4.58. The van der Waals surface area contributed by atoms with Gasteiger partial charge in [-0.2, -0.15) is 0 Å². The first-order valence-corrected chi connectivity index (χ1v) is 5.88. The monoisotopic (exact) mass is 253 g/mol. The Kier molecular flexibility index (Phi) is 3.14. The second-order valence-corrected chi connectivity index (χ2v) is 4.80. The number of hydrogen-bond acceptors (Lipinski definition) is 6. The van der Waals surface area contributed by atoms with Crippen molar-refractivity contribution < 1.29 is 9.59 Å². The summed E-state index contributed by atoms with van der Waals surface area (Å²) < 4.78 is 0. The van der Waals surface area contributed by atoms with Crippen molar-refractivity contribution >= 4 is 34.2 Å². The molecule has 1 saturated heterocycles. The summed E-state index contributed by atoms with van der Waals surface area (Å²) in [6, 6.07) is -0.561. The first kappa shape index (κ1) is 11.6. The molecular weight excluding hydrogens is 242 g/mol. The van der Waals surface area contributed by atoms with Crippen molar-refractivity contribution in [2.24, 2.45) is 4.99 Å². The lowest BCUT2D eigenvalue weighted by Gasteiger charge is -2.13. The molecule has 17 heavy (non-hydrogen) atoms. The molecule has 0 radical (unpaired) electrons. The maximum atomic E-state index is 11.1. The van der Waals surface area contributed by atoms with Gasteiger partial charge in [-0.25, -0.2) is 9.79 Å². The van der Waals surface area contributed by atoms with Crippen LogP contribution in [0.2, 0.25) is 0 Å². The van der Waals surface area contributed by atoms with Crippen LogP contribution in [0.15, 0.2) is 4.99 Å². The van der Waals surface area contributed by atoms with Gasteiger partial charge in [-0.1, -0.05) is 25.2 Å². The number of aliphatic imine (C=N–C) groups is 1. The molecule has 3 amide bonds. The van der Waals surface area contributed by atoms with E-state index in [0.29, 0.717) is 11.0 Å². The Morgan fingerprint density at radius 1 is 1.29 bits per heavy atom. The van der Waals surface area contributed by atoms with Crippen LogP contribution in [0.3, 0.4) is 0 Å². The number of urea groups is 1. The summed E-state index contributed by atoms with van der Waals surface area (Å²) in [6.45, 7) is 4.01. The highest BCUT2D eigenvalue weighted by atomic mass is 32.1. The molecule has 90 valence electrons. The van der Waals surface area contributed by atoms with Crippen LogP contribution in [-0.4, -0.2) is 28.0 Å². The van der Waals surface area contributed by atoms with Gasteiger partial charge in [0, 0.05) is 5.92 Å². The standard InChI is InChI=1S/C9H11N5O2S/c1-4(2)7-13-14-9(17-7)11-5-3-6(15)12-8(16)10-5/h4H,3H2,1-2H3,(H2,10,11,12,14,15,16). The van der Waals surface area contributed by atoms with E-state index in [1.165, 1.54) is 11.3 Å². The summed E-state index contributed by atoms with van der Waals surface area (Å²) in [7, 11) is 0. The van der Waals surface area contributed by atoms with Crippen LogP contribution in [0, 0.1) is 0 Å². The van der Waals surface area contributed by atoms with Crippen molar-refractivity contribution in [3.63, 3.8) is 0 Å². The molecule has 1 aliphatic rings. The van der Waals surface area contributed by atoms with Crippen LogP contribution in [0.4, 0.5) is 9.93 Å². The van der Waals surface area contributed by atoms with Crippen LogP contribution in [0.25, 0.3) is 0 Å². The van der Waals surface area contributed by atoms with Crippen LogP contribution >= 0.6 is 11.3 Å². The number of carbonyl (C=O) groups is 2. The third kappa shape index (κ3) is 2.84. The van der Waals surface area contributed by atoms with Crippen LogP contribution in [0.1, 0.15) is 31.2 Å². The number of nitrogens with zero attached hydrogens (tertiary/aromatic N) is 3. The van der Waals surface area contributed by atoms with E-state index in [1.54, 1.807) is 0 Å². The highest BCUT2D eigenvalue weighted by molar-refractivity contribution is 7.15. The summed E-state index contributed by atoms with van der Waals surface area (Å²) in [6.07, 6.45) is 0.0440. The third-order valence-corrected chi connectivity index (χ3v) is 3.11. The fourth-order valence-corrected chi connectivity index (χ4v) is 1.96. The molecule has 0 unspecified atom stereocenters. The normalized spacial score (nSPS) is 18.4. The number of rotatable bonds is 2.